The van der Waals surface area contributed by atoms with Gasteiger partial charge in [-0.2, -0.15) is 0 Å². The summed E-state index contributed by atoms with van der Waals surface area (Å²) in [7, 11) is 0. The first-order valence-electron chi connectivity index (χ1n) is 7.11. The lowest BCUT2D eigenvalue weighted by molar-refractivity contribution is -0.117. The molecule has 1 aliphatic rings. The molecule has 112 valence electrons. The fraction of sp³-hybridized carbons (Fsp3) is 0.235. The van der Waals surface area contributed by atoms with Gasteiger partial charge in [-0.3, -0.25) is 9.78 Å². The van der Waals surface area contributed by atoms with Crippen LogP contribution in [0.1, 0.15) is 33.8 Å². The molecule has 1 saturated carbocycles. The normalized spacial score (nSPS) is 19.5. The van der Waals surface area contributed by atoms with Crippen molar-refractivity contribution >= 4 is 17.6 Å². The molecule has 2 aromatic rings. The van der Waals surface area contributed by atoms with Crippen molar-refractivity contribution in [1.82, 2.24) is 4.98 Å². The van der Waals surface area contributed by atoms with Gasteiger partial charge in [0, 0.05) is 24.0 Å². The number of hydrogen-bond donors (Lipinski definition) is 2. The molecule has 1 aromatic heterocycles. The van der Waals surface area contributed by atoms with Crippen LogP contribution in [-0.4, -0.2) is 22.0 Å². The van der Waals surface area contributed by atoms with Crippen LogP contribution in [0.4, 0.5) is 5.69 Å². The quantitative estimate of drug-likeness (QED) is 0.909. The number of nitrogens with one attached hydrogen (secondary N) is 1. The van der Waals surface area contributed by atoms with E-state index >= 15 is 0 Å². The third-order valence-electron chi connectivity index (χ3n) is 3.96. The lowest BCUT2D eigenvalue weighted by Gasteiger charge is -2.07. The topological polar surface area (TPSA) is 79.3 Å². The largest absolute Gasteiger partial charge is 0.478 e. The third-order valence-corrected chi connectivity index (χ3v) is 3.96. The second kappa shape index (κ2) is 5.60. The van der Waals surface area contributed by atoms with E-state index in [2.05, 4.69) is 10.3 Å². The molecule has 2 N–H and O–H groups in total. The average Bonchev–Trinajstić information content (AvgIpc) is 3.28. The van der Waals surface area contributed by atoms with E-state index in [1.165, 1.54) is 6.07 Å². The summed E-state index contributed by atoms with van der Waals surface area (Å²) < 4.78 is 0. The third kappa shape index (κ3) is 2.83. The van der Waals surface area contributed by atoms with Crippen LogP contribution in [-0.2, 0) is 4.79 Å². The van der Waals surface area contributed by atoms with Crippen LogP contribution in [0, 0.1) is 12.8 Å². The van der Waals surface area contributed by atoms with E-state index < -0.39 is 5.97 Å². The number of aromatic nitrogens is 1. The van der Waals surface area contributed by atoms with E-state index in [4.69, 9.17) is 5.11 Å². The highest BCUT2D eigenvalue weighted by Crippen LogP contribution is 2.47. The predicted molar refractivity (Wildman–Crippen MR) is 81.9 cm³/mol. The Morgan fingerprint density at radius 3 is 2.77 bits per heavy atom. The van der Waals surface area contributed by atoms with Gasteiger partial charge < -0.3 is 10.4 Å². The molecule has 0 aliphatic heterocycles. The van der Waals surface area contributed by atoms with Crippen LogP contribution < -0.4 is 5.32 Å². The number of carbonyl (C=O) groups is 2. The maximum atomic E-state index is 12.2. The number of amides is 1. The highest BCUT2D eigenvalue weighted by atomic mass is 16.4. The summed E-state index contributed by atoms with van der Waals surface area (Å²) in [5.41, 5.74) is 2.59. The summed E-state index contributed by atoms with van der Waals surface area (Å²) in [4.78, 5) is 27.3. The van der Waals surface area contributed by atoms with Crippen molar-refractivity contribution in [1.29, 1.82) is 0 Å². The maximum Gasteiger partial charge on any atom is 0.335 e. The van der Waals surface area contributed by atoms with Crippen molar-refractivity contribution in [3.8, 4) is 0 Å². The van der Waals surface area contributed by atoms with E-state index in [-0.39, 0.29) is 23.3 Å². The van der Waals surface area contributed by atoms with Gasteiger partial charge in [-0.1, -0.05) is 6.07 Å². The Balaban J connectivity index is 1.66. The number of aryl methyl sites for hydroxylation is 1. The Kier molecular flexibility index (Phi) is 3.63. The lowest BCUT2D eigenvalue weighted by atomic mass is 10.1. The van der Waals surface area contributed by atoms with Crippen LogP contribution >= 0.6 is 0 Å². The van der Waals surface area contributed by atoms with E-state index in [0.29, 0.717) is 11.3 Å². The zero-order chi connectivity index (χ0) is 15.7. The van der Waals surface area contributed by atoms with Gasteiger partial charge in [-0.25, -0.2) is 4.79 Å². The fourth-order valence-electron chi connectivity index (χ4n) is 2.66. The van der Waals surface area contributed by atoms with Crippen LogP contribution in [0.2, 0.25) is 0 Å². The molecule has 0 radical (unpaired) electrons. The number of rotatable bonds is 4. The van der Waals surface area contributed by atoms with Crippen molar-refractivity contribution in [2.75, 3.05) is 5.32 Å². The number of carbonyl (C=O) groups excluding carboxylic acids is 1. The first kappa shape index (κ1) is 14.3. The molecule has 1 heterocycles. The number of aromatic carboxylic acids is 1. The second-order valence-electron chi connectivity index (χ2n) is 5.56. The van der Waals surface area contributed by atoms with Crippen molar-refractivity contribution < 1.29 is 14.7 Å². The summed E-state index contributed by atoms with van der Waals surface area (Å²) in [5.74, 6) is -0.803. The minimum absolute atomic E-state index is 0.0312. The molecule has 1 aliphatic carbocycles. The molecule has 1 fully saturated rings. The number of carboxylic acids is 1. The summed E-state index contributed by atoms with van der Waals surface area (Å²) in [6, 6.07) is 8.67. The van der Waals surface area contributed by atoms with Gasteiger partial charge >= 0.3 is 5.97 Å². The van der Waals surface area contributed by atoms with Crippen LogP contribution in [0.3, 0.4) is 0 Å². The molecular weight excluding hydrogens is 280 g/mol. The van der Waals surface area contributed by atoms with Crippen molar-refractivity contribution in [2.45, 2.75) is 19.3 Å². The van der Waals surface area contributed by atoms with Gasteiger partial charge in [-0.15, -0.1) is 0 Å². The smallest absolute Gasteiger partial charge is 0.335 e. The summed E-state index contributed by atoms with van der Waals surface area (Å²) >= 11 is 0. The van der Waals surface area contributed by atoms with Crippen molar-refractivity contribution in [3.05, 3.63) is 59.4 Å². The number of pyridine rings is 1. The fourth-order valence-corrected chi connectivity index (χ4v) is 2.66. The van der Waals surface area contributed by atoms with Crippen LogP contribution in [0.15, 0.2) is 42.7 Å². The van der Waals surface area contributed by atoms with Gasteiger partial charge in [0.1, 0.15) is 0 Å². The van der Waals surface area contributed by atoms with E-state index in [1.54, 1.807) is 31.5 Å². The Morgan fingerprint density at radius 2 is 2.14 bits per heavy atom. The van der Waals surface area contributed by atoms with Gasteiger partial charge in [0.25, 0.3) is 0 Å². The first-order chi connectivity index (χ1) is 10.6. The van der Waals surface area contributed by atoms with E-state index in [1.807, 2.05) is 12.1 Å². The summed E-state index contributed by atoms with van der Waals surface area (Å²) in [6.07, 6.45) is 4.33. The van der Waals surface area contributed by atoms with Gasteiger partial charge in [0.15, 0.2) is 0 Å². The van der Waals surface area contributed by atoms with Gasteiger partial charge in [0.2, 0.25) is 5.91 Å². The zero-order valence-corrected chi connectivity index (χ0v) is 12.1. The average molecular weight is 296 g/mol. The van der Waals surface area contributed by atoms with E-state index in [0.717, 1.165) is 12.0 Å². The van der Waals surface area contributed by atoms with Crippen LogP contribution in [0.5, 0.6) is 0 Å². The number of benzene rings is 1. The minimum atomic E-state index is -0.964. The summed E-state index contributed by atoms with van der Waals surface area (Å²) in [6.45, 7) is 1.72. The molecule has 5 nitrogen and oxygen atoms in total. The molecule has 0 bridgehead atoms. The number of anilines is 1. The molecule has 2 atom stereocenters. The summed E-state index contributed by atoms with van der Waals surface area (Å²) in [5, 5.41) is 11.9. The SMILES string of the molecule is Cc1cc(NC(=O)[C@H]2C[C@@H]2c2cccnc2)ccc1C(=O)O. The standard InChI is InChI=1S/C17H16N2O3/c1-10-7-12(4-5-13(10)17(21)22)19-16(20)15-8-14(15)11-3-2-6-18-9-11/h2-7,9,14-15H,8H2,1H3,(H,19,20)(H,21,22)/t14-,15+/m1/s1. The Bertz CT molecular complexity index is 728. The Hall–Kier alpha value is -2.69. The van der Waals surface area contributed by atoms with Gasteiger partial charge in [-0.05, 0) is 54.7 Å². The Morgan fingerprint density at radius 1 is 1.32 bits per heavy atom. The lowest BCUT2D eigenvalue weighted by Crippen LogP contribution is -2.15. The molecule has 1 aromatic carbocycles. The molecule has 3 rings (SSSR count). The predicted octanol–water partition coefficient (Wildman–Crippen LogP) is 2.83. The maximum absolute atomic E-state index is 12.2. The van der Waals surface area contributed by atoms with E-state index in [9.17, 15) is 9.59 Å². The molecule has 22 heavy (non-hydrogen) atoms. The number of nitrogens with zero attached hydrogens (tertiary/aromatic N) is 1. The highest BCUT2D eigenvalue weighted by Gasteiger charge is 2.44. The Labute approximate surface area is 128 Å². The first-order valence-corrected chi connectivity index (χ1v) is 7.11. The molecule has 1 amide bonds. The minimum Gasteiger partial charge on any atom is -0.478 e. The molecule has 0 unspecified atom stereocenters. The molecule has 0 spiro atoms. The van der Waals surface area contributed by atoms with Crippen molar-refractivity contribution in [3.63, 3.8) is 0 Å². The number of carboxylic acid groups (broad SMARTS) is 1. The van der Waals surface area contributed by atoms with Crippen LogP contribution in [0.25, 0.3) is 0 Å². The molecule has 0 saturated heterocycles. The van der Waals surface area contributed by atoms with Crippen molar-refractivity contribution in [2.24, 2.45) is 5.92 Å². The zero-order valence-electron chi connectivity index (χ0n) is 12.1. The molecule has 5 heteroatoms. The monoisotopic (exact) mass is 296 g/mol. The molecular formula is C17H16N2O3. The number of hydrogen-bond acceptors (Lipinski definition) is 3. The second-order valence-corrected chi connectivity index (χ2v) is 5.56. The van der Waals surface area contributed by atoms with Gasteiger partial charge in [0.05, 0.1) is 5.56 Å². The highest BCUT2D eigenvalue weighted by molar-refractivity contribution is 5.96.